The summed E-state index contributed by atoms with van der Waals surface area (Å²) >= 11 is 9.67. The van der Waals surface area contributed by atoms with E-state index in [2.05, 4.69) is 35.1 Å². The molecule has 3 heteroatoms. The fraction of sp³-hybridized carbons (Fsp3) is 0.647. The van der Waals surface area contributed by atoms with Gasteiger partial charge in [-0.15, -0.1) is 0 Å². The number of nitrogens with one attached hydrogen (secondary N) is 1. The molecule has 1 aliphatic rings. The van der Waals surface area contributed by atoms with Crippen molar-refractivity contribution in [3.8, 4) is 0 Å². The summed E-state index contributed by atoms with van der Waals surface area (Å²) in [6.07, 6.45) is 6.91. The van der Waals surface area contributed by atoms with Crippen LogP contribution in [0.15, 0.2) is 22.7 Å². The van der Waals surface area contributed by atoms with Crippen molar-refractivity contribution in [2.24, 2.45) is 11.3 Å². The highest BCUT2D eigenvalue weighted by molar-refractivity contribution is 9.10. The second-order valence-corrected chi connectivity index (χ2v) is 7.94. The van der Waals surface area contributed by atoms with E-state index in [0.717, 1.165) is 28.5 Å². The topological polar surface area (TPSA) is 12.0 Å². The molecular formula is C17H25BrClN. The summed E-state index contributed by atoms with van der Waals surface area (Å²) < 4.78 is 1.14. The molecule has 20 heavy (non-hydrogen) atoms. The van der Waals surface area contributed by atoms with Gasteiger partial charge in [0.05, 0.1) is 0 Å². The summed E-state index contributed by atoms with van der Waals surface area (Å²) in [5.74, 6) is 0.785. The molecule has 0 saturated heterocycles. The maximum Gasteiger partial charge on any atom is 0.0410 e. The average molecular weight is 359 g/mol. The number of rotatable bonds is 6. The van der Waals surface area contributed by atoms with Crippen LogP contribution in [0.3, 0.4) is 0 Å². The van der Waals surface area contributed by atoms with Crippen molar-refractivity contribution in [3.63, 3.8) is 0 Å². The smallest absolute Gasteiger partial charge is 0.0410 e. The van der Waals surface area contributed by atoms with Gasteiger partial charge >= 0.3 is 0 Å². The van der Waals surface area contributed by atoms with Gasteiger partial charge in [0.2, 0.25) is 0 Å². The van der Waals surface area contributed by atoms with Crippen molar-refractivity contribution in [3.05, 3.63) is 33.3 Å². The minimum absolute atomic E-state index is 0.527. The average Bonchev–Trinajstić information content (AvgIpc) is 2.81. The van der Waals surface area contributed by atoms with Gasteiger partial charge in [0.15, 0.2) is 0 Å². The molecule has 1 aromatic rings. The van der Waals surface area contributed by atoms with Gasteiger partial charge in [-0.05, 0) is 54.4 Å². The van der Waals surface area contributed by atoms with E-state index in [1.54, 1.807) is 0 Å². The van der Waals surface area contributed by atoms with Gasteiger partial charge in [-0.3, -0.25) is 0 Å². The minimum atomic E-state index is 0.527. The molecule has 1 aromatic carbocycles. The van der Waals surface area contributed by atoms with Crippen molar-refractivity contribution < 1.29 is 0 Å². The van der Waals surface area contributed by atoms with Crippen molar-refractivity contribution in [2.75, 3.05) is 6.54 Å². The molecule has 0 bridgehead atoms. The van der Waals surface area contributed by atoms with E-state index in [4.69, 9.17) is 11.6 Å². The lowest BCUT2D eigenvalue weighted by molar-refractivity contribution is 0.223. The predicted molar refractivity (Wildman–Crippen MR) is 91.2 cm³/mol. The van der Waals surface area contributed by atoms with Gasteiger partial charge in [-0.25, -0.2) is 0 Å². The van der Waals surface area contributed by atoms with E-state index in [1.807, 2.05) is 18.2 Å². The fourth-order valence-corrected chi connectivity index (χ4v) is 4.17. The van der Waals surface area contributed by atoms with Crippen LogP contribution in [0.4, 0.5) is 0 Å². The largest absolute Gasteiger partial charge is 0.312 e. The standard InChI is InChI=1S/C17H25BrClN/c1-13(2)10-17(7-3-4-8-17)12-20-11-14-9-15(19)5-6-16(14)18/h5-6,9,13,20H,3-4,7-8,10-12H2,1-2H3. The third kappa shape index (κ3) is 4.47. The number of hydrogen-bond acceptors (Lipinski definition) is 1. The van der Waals surface area contributed by atoms with Gasteiger partial charge in [-0.2, -0.15) is 0 Å². The maximum absolute atomic E-state index is 6.07. The summed E-state index contributed by atoms with van der Waals surface area (Å²) in [4.78, 5) is 0. The molecule has 0 unspecified atom stereocenters. The van der Waals surface area contributed by atoms with Gasteiger partial charge in [0.25, 0.3) is 0 Å². The number of halogens is 2. The summed E-state index contributed by atoms with van der Waals surface area (Å²) in [6.45, 7) is 6.70. The van der Waals surface area contributed by atoms with E-state index in [9.17, 15) is 0 Å². The van der Waals surface area contributed by atoms with Crippen LogP contribution in [0.25, 0.3) is 0 Å². The van der Waals surface area contributed by atoms with Gasteiger partial charge in [-0.1, -0.05) is 54.2 Å². The monoisotopic (exact) mass is 357 g/mol. The lowest BCUT2D eigenvalue weighted by Gasteiger charge is -2.31. The summed E-state index contributed by atoms with van der Waals surface area (Å²) in [5.41, 5.74) is 1.77. The van der Waals surface area contributed by atoms with Crippen LogP contribution in [0.5, 0.6) is 0 Å². The van der Waals surface area contributed by atoms with Gasteiger partial charge < -0.3 is 5.32 Å². The molecule has 0 amide bonds. The normalized spacial score (nSPS) is 17.9. The molecule has 1 nitrogen and oxygen atoms in total. The zero-order chi connectivity index (χ0) is 14.6. The predicted octanol–water partition coefficient (Wildman–Crippen LogP) is 5.80. The Morgan fingerprint density at radius 2 is 2.00 bits per heavy atom. The van der Waals surface area contributed by atoms with Crippen molar-refractivity contribution in [1.29, 1.82) is 0 Å². The van der Waals surface area contributed by atoms with Crippen molar-refractivity contribution >= 4 is 27.5 Å². The molecule has 1 aliphatic carbocycles. The van der Waals surface area contributed by atoms with E-state index in [1.165, 1.54) is 37.7 Å². The first-order valence-electron chi connectivity index (χ1n) is 7.65. The molecule has 2 rings (SSSR count). The molecule has 0 aromatic heterocycles. The molecule has 0 radical (unpaired) electrons. The van der Waals surface area contributed by atoms with Crippen LogP contribution in [0.2, 0.25) is 5.02 Å². The van der Waals surface area contributed by atoms with Crippen LogP contribution >= 0.6 is 27.5 Å². The SMILES string of the molecule is CC(C)CC1(CNCc2cc(Cl)ccc2Br)CCCC1. The lowest BCUT2D eigenvalue weighted by atomic mass is 9.78. The Morgan fingerprint density at radius 1 is 1.30 bits per heavy atom. The summed E-state index contributed by atoms with van der Waals surface area (Å²) in [6, 6.07) is 5.99. The minimum Gasteiger partial charge on any atom is -0.312 e. The Hall–Kier alpha value is -0.0500. The molecule has 0 heterocycles. The van der Waals surface area contributed by atoms with Gasteiger partial charge in [0, 0.05) is 22.6 Å². The Balaban J connectivity index is 1.91. The fourth-order valence-electron chi connectivity index (χ4n) is 3.59. The van der Waals surface area contributed by atoms with Crippen molar-refractivity contribution in [2.45, 2.75) is 52.5 Å². The summed E-state index contributed by atoms with van der Waals surface area (Å²) in [5, 5.41) is 4.48. The second-order valence-electron chi connectivity index (χ2n) is 6.64. The Labute approximate surface area is 136 Å². The quantitative estimate of drug-likeness (QED) is 0.677. The molecule has 1 fully saturated rings. The lowest BCUT2D eigenvalue weighted by Crippen LogP contribution is -2.33. The second kappa shape index (κ2) is 7.29. The van der Waals surface area contributed by atoms with Crippen LogP contribution in [0.1, 0.15) is 51.5 Å². The van der Waals surface area contributed by atoms with E-state index in [-0.39, 0.29) is 0 Å². The van der Waals surface area contributed by atoms with Crippen LogP contribution in [-0.4, -0.2) is 6.54 Å². The zero-order valence-electron chi connectivity index (χ0n) is 12.5. The van der Waals surface area contributed by atoms with Gasteiger partial charge in [0.1, 0.15) is 0 Å². The van der Waals surface area contributed by atoms with Crippen LogP contribution < -0.4 is 5.32 Å². The van der Waals surface area contributed by atoms with Crippen LogP contribution in [-0.2, 0) is 6.54 Å². The molecule has 0 atom stereocenters. The molecule has 1 N–H and O–H groups in total. The third-order valence-electron chi connectivity index (χ3n) is 4.33. The Kier molecular flexibility index (Phi) is 5.95. The van der Waals surface area contributed by atoms with E-state index in [0.29, 0.717) is 5.41 Å². The molecule has 0 spiro atoms. The molecule has 1 saturated carbocycles. The van der Waals surface area contributed by atoms with Crippen LogP contribution in [0, 0.1) is 11.3 Å². The first kappa shape index (κ1) is 16.3. The van der Waals surface area contributed by atoms with E-state index >= 15 is 0 Å². The molecule has 112 valence electrons. The maximum atomic E-state index is 6.07. The number of hydrogen-bond donors (Lipinski definition) is 1. The highest BCUT2D eigenvalue weighted by Crippen LogP contribution is 2.42. The Bertz CT molecular complexity index is 439. The third-order valence-corrected chi connectivity index (χ3v) is 5.34. The van der Waals surface area contributed by atoms with E-state index < -0.39 is 0 Å². The highest BCUT2D eigenvalue weighted by Gasteiger charge is 2.33. The first-order chi connectivity index (χ1) is 9.51. The zero-order valence-corrected chi connectivity index (χ0v) is 14.9. The Morgan fingerprint density at radius 3 is 2.65 bits per heavy atom. The highest BCUT2D eigenvalue weighted by atomic mass is 79.9. The van der Waals surface area contributed by atoms with Crippen molar-refractivity contribution in [1.82, 2.24) is 5.32 Å². The number of benzene rings is 1. The first-order valence-corrected chi connectivity index (χ1v) is 8.82. The summed E-state index contributed by atoms with van der Waals surface area (Å²) in [7, 11) is 0. The molecule has 0 aliphatic heterocycles. The molecular weight excluding hydrogens is 334 g/mol.